The van der Waals surface area contributed by atoms with Crippen molar-refractivity contribution in [3.05, 3.63) is 17.7 Å². The summed E-state index contributed by atoms with van der Waals surface area (Å²) in [5.41, 5.74) is 7.33. The SMILES string of the molecule is COc1cc2c(cc1C1(CN)CCCCC1)OCO2. The summed E-state index contributed by atoms with van der Waals surface area (Å²) < 4.78 is 16.5. The zero-order valence-electron chi connectivity index (χ0n) is 11.4. The summed E-state index contributed by atoms with van der Waals surface area (Å²) in [6.07, 6.45) is 6.01. The maximum atomic E-state index is 6.11. The fourth-order valence-electron chi connectivity index (χ4n) is 3.32. The maximum absolute atomic E-state index is 6.11. The van der Waals surface area contributed by atoms with Gasteiger partial charge in [-0.2, -0.15) is 0 Å². The molecule has 0 unspecified atom stereocenters. The van der Waals surface area contributed by atoms with E-state index >= 15 is 0 Å². The van der Waals surface area contributed by atoms with Crippen LogP contribution in [0.1, 0.15) is 37.7 Å². The van der Waals surface area contributed by atoms with Crippen molar-refractivity contribution in [1.82, 2.24) is 0 Å². The third-order valence-electron chi connectivity index (χ3n) is 4.47. The molecule has 1 aromatic carbocycles. The van der Waals surface area contributed by atoms with Crippen LogP contribution in [0.5, 0.6) is 17.2 Å². The fraction of sp³-hybridized carbons (Fsp3) is 0.600. The molecule has 3 rings (SSSR count). The number of nitrogens with two attached hydrogens (primary N) is 1. The van der Waals surface area contributed by atoms with Crippen molar-refractivity contribution in [3.63, 3.8) is 0 Å². The molecule has 104 valence electrons. The van der Waals surface area contributed by atoms with Gasteiger partial charge in [-0.15, -0.1) is 0 Å². The highest BCUT2D eigenvalue weighted by Gasteiger charge is 2.36. The molecule has 1 aliphatic heterocycles. The van der Waals surface area contributed by atoms with Gasteiger partial charge in [-0.3, -0.25) is 0 Å². The minimum absolute atomic E-state index is 0.0323. The van der Waals surface area contributed by atoms with E-state index in [0.717, 1.165) is 30.1 Å². The Kier molecular flexibility index (Phi) is 3.27. The van der Waals surface area contributed by atoms with Gasteiger partial charge in [-0.1, -0.05) is 19.3 Å². The first-order chi connectivity index (χ1) is 9.29. The van der Waals surface area contributed by atoms with Crippen LogP contribution in [0, 0.1) is 0 Å². The van der Waals surface area contributed by atoms with Crippen LogP contribution in [0.15, 0.2) is 12.1 Å². The summed E-state index contributed by atoms with van der Waals surface area (Å²) in [7, 11) is 1.70. The molecule has 1 aliphatic carbocycles. The molecule has 1 saturated carbocycles. The quantitative estimate of drug-likeness (QED) is 0.910. The van der Waals surface area contributed by atoms with Crippen LogP contribution in [0.2, 0.25) is 0 Å². The first-order valence-electron chi connectivity index (χ1n) is 6.97. The Morgan fingerprint density at radius 2 is 1.84 bits per heavy atom. The standard InChI is InChI=1S/C15H21NO3/c1-17-12-8-14-13(18-10-19-14)7-11(12)15(9-16)5-3-2-4-6-15/h7-8H,2-6,9-10,16H2,1H3. The number of hydrogen-bond donors (Lipinski definition) is 1. The van der Waals surface area contributed by atoms with Crippen LogP contribution >= 0.6 is 0 Å². The topological polar surface area (TPSA) is 53.7 Å². The summed E-state index contributed by atoms with van der Waals surface area (Å²) in [5.74, 6) is 2.45. The van der Waals surface area contributed by atoms with Crippen LogP contribution in [-0.2, 0) is 5.41 Å². The molecular formula is C15H21NO3. The largest absolute Gasteiger partial charge is 0.496 e. The molecule has 1 aromatic rings. The minimum atomic E-state index is 0.0323. The van der Waals surface area contributed by atoms with Gasteiger partial charge in [0.1, 0.15) is 5.75 Å². The van der Waals surface area contributed by atoms with Gasteiger partial charge in [0.05, 0.1) is 7.11 Å². The molecule has 4 nitrogen and oxygen atoms in total. The predicted octanol–water partition coefficient (Wildman–Crippen LogP) is 2.58. The molecule has 2 N–H and O–H groups in total. The van der Waals surface area contributed by atoms with Crippen molar-refractivity contribution >= 4 is 0 Å². The van der Waals surface area contributed by atoms with Crippen LogP contribution in [0.4, 0.5) is 0 Å². The average molecular weight is 263 g/mol. The van der Waals surface area contributed by atoms with Gasteiger partial charge >= 0.3 is 0 Å². The summed E-state index contributed by atoms with van der Waals surface area (Å²) in [6.45, 7) is 0.945. The molecule has 0 spiro atoms. The second-order valence-electron chi connectivity index (χ2n) is 5.45. The number of rotatable bonds is 3. The Hall–Kier alpha value is -1.42. The normalized spacial score (nSPS) is 20.3. The smallest absolute Gasteiger partial charge is 0.231 e. The number of benzene rings is 1. The van der Waals surface area contributed by atoms with Crippen molar-refractivity contribution in [2.45, 2.75) is 37.5 Å². The Morgan fingerprint density at radius 3 is 2.47 bits per heavy atom. The van der Waals surface area contributed by atoms with Gasteiger partial charge in [0.2, 0.25) is 6.79 Å². The minimum Gasteiger partial charge on any atom is -0.496 e. The van der Waals surface area contributed by atoms with Crippen LogP contribution < -0.4 is 19.9 Å². The molecule has 1 heterocycles. The van der Waals surface area contributed by atoms with Gasteiger partial charge in [-0.25, -0.2) is 0 Å². The molecule has 0 bridgehead atoms. The summed E-state index contributed by atoms with van der Waals surface area (Å²) in [6, 6.07) is 4.00. The van der Waals surface area contributed by atoms with Crippen molar-refractivity contribution in [3.8, 4) is 17.2 Å². The molecule has 0 atom stereocenters. The van der Waals surface area contributed by atoms with E-state index in [1.165, 1.54) is 24.8 Å². The van der Waals surface area contributed by atoms with Crippen LogP contribution in [0.3, 0.4) is 0 Å². The summed E-state index contributed by atoms with van der Waals surface area (Å²) >= 11 is 0. The first-order valence-corrected chi connectivity index (χ1v) is 6.97. The van der Waals surface area contributed by atoms with E-state index in [0.29, 0.717) is 6.54 Å². The number of hydrogen-bond acceptors (Lipinski definition) is 4. The Morgan fingerprint density at radius 1 is 1.16 bits per heavy atom. The van der Waals surface area contributed by atoms with E-state index in [-0.39, 0.29) is 12.2 Å². The lowest BCUT2D eigenvalue weighted by molar-refractivity contribution is 0.173. The number of fused-ring (bicyclic) bond motifs is 1. The van der Waals surface area contributed by atoms with E-state index in [1.807, 2.05) is 6.07 Å². The van der Waals surface area contributed by atoms with E-state index in [9.17, 15) is 0 Å². The summed E-state index contributed by atoms with van der Waals surface area (Å²) in [4.78, 5) is 0. The Bertz CT molecular complexity index is 467. The van der Waals surface area contributed by atoms with Crippen molar-refractivity contribution in [2.75, 3.05) is 20.4 Å². The average Bonchev–Trinajstić information content (AvgIpc) is 2.93. The van der Waals surface area contributed by atoms with E-state index in [1.54, 1.807) is 7.11 Å². The highest BCUT2D eigenvalue weighted by Crippen LogP contribution is 2.47. The first kappa shape index (κ1) is 12.6. The molecule has 2 aliphatic rings. The van der Waals surface area contributed by atoms with Gasteiger partial charge in [0.15, 0.2) is 11.5 Å². The fourth-order valence-corrected chi connectivity index (χ4v) is 3.32. The lowest BCUT2D eigenvalue weighted by Crippen LogP contribution is -2.37. The number of ether oxygens (including phenoxy) is 3. The van der Waals surface area contributed by atoms with Gasteiger partial charge < -0.3 is 19.9 Å². The van der Waals surface area contributed by atoms with E-state index in [2.05, 4.69) is 6.07 Å². The van der Waals surface area contributed by atoms with Gasteiger partial charge in [0.25, 0.3) is 0 Å². The van der Waals surface area contributed by atoms with Crippen LogP contribution in [-0.4, -0.2) is 20.4 Å². The van der Waals surface area contributed by atoms with Crippen molar-refractivity contribution in [1.29, 1.82) is 0 Å². The third kappa shape index (κ3) is 2.04. The van der Waals surface area contributed by atoms with Crippen molar-refractivity contribution in [2.24, 2.45) is 5.73 Å². The monoisotopic (exact) mass is 263 g/mol. The molecule has 0 aromatic heterocycles. The second kappa shape index (κ2) is 4.93. The third-order valence-corrected chi connectivity index (χ3v) is 4.47. The highest BCUT2D eigenvalue weighted by atomic mass is 16.7. The lowest BCUT2D eigenvalue weighted by atomic mass is 9.69. The highest BCUT2D eigenvalue weighted by molar-refractivity contribution is 5.54. The molecule has 1 fully saturated rings. The van der Waals surface area contributed by atoms with E-state index < -0.39 is 0 Å². The van der Waals surface area contributed by atoms with Gasteiger partial charge in [-0.05, 0) is 18.9 Å². The molecular weight excluding hydrogens is 242 g/mol. The molecule has 19 heavy (non-hydrogen) atoms. The molecule has 0 amide bonds. The lowest BCUT2D eigenvalue weighted by Gasteiger charge is -2.37. The zero-order valence-corrected chi connectivity index (χ0v) is 11.4. The Labute approximate surface area is 113 Å². The molecule has 0 radical (unpaired) electrons. The molecule has 4 heteroatoms. The summed E-state index contributed by atoms with van der Waals surface area (Å²) in [5, 5.41) is 0. The van der Waals surface area contributed by atoms with Crippen LogP contribution in [0.25, 0.3) is 0 Å². The maximum Gasteiger partial charge on any atom is 0.231 e. The van der Waals surface area contributed by atoms with Gasteiger partial charge in [0, 0.05) is 23.6 Å². The predicted molar refractivity (Wildman–Crippen MR) is 72.9 cm³/mol. The molecule has 0 saturated heterocycles. The number of methoxy groups -OCH3 is 1. The second-order valence-corrected chi connectivity index (χ2v) is 5.45. The zero-order chi connectivity index (χ0) is 13.3. The van der Waals surface area contributed by atoms with E-state index in [4.69, 9.17) is 19.9 Å². The Balaban J connectivity index is 2.07. The van der Waals surface area contributed by atoms with Crippen molar-refractivity contribution < 1.29 is 14.2 Å².